The molecule has 0 amide bonds. The van der Waals surface area contributed by atoms with Crippen LogP contribution in [0.25, 0.3) is 0 Å². The Kier molecular flexibility index (Phi) is 5.67. The lowest BCUT2D eigenvalue weighted by Gasteiger charge is -2.14. The molecule has 1 aliphatic rings. The van der Waals surface area contributed by atoms with E-state index < -0.39 is 0 Å². The molecule has 0 bridgehead atoms. The van der Waals surface area contributed by atoms with Gasteiger partial charge in [-0.2, -0.15) is 0 Å². The largest absolute Gasteiger partial charge is 0.490 e. The van der Waals surface area contributed by atoms with Crippen LogP contribution in [0.1, 0.15) is 32.3 Å². The number of para-hydroxylation sites is 1. The maximum atomic E-state index is 5.86. The first-order chi connectivity index (χ1) is 9.16. The van der Waals surface area contributed by atoms with Crippen LogP contribution >= 0.6 is 15.9 Å². The second-order valence-electron chi connectivity index (χ2n) is 5.15. The van der Waals surface area contributed by atoms with E-state index in [2.05, 4.69) is 27.3 Å². The zero-order valence-electron chi connectivity index (χ0n) is 11.6. The molecule has 0 heterocycles. The van der Waals surface area contributed by atoms with Gasteiger partial charge in [-0.3, -0.25) is 0 Å². The van der Waals surface area contributed by atoms with Crippen LogP contribution < -0.4 is 10.1 Å². The smallest absolute Gasteiger partial charge is 0.138 e. The molecular weight excluding hydrogens is 306 g/mol. The molecule has 0 aliphatic heterocycles. The third kappa shape index (κ3) is 5.13. The van der Waals surface area contributed by atoms with Crippen LogP contribution in [0, 0.1) is 0 Å². The highest BCUT2D eigenvalue weighted by Crippen LogP contribution is 2.30. The lowest BCUT2D eigenvalue weighted by atomic mass is 10.2. The average molecular weight is 328 g/mol. The Labute approximate surface area is 123 Å². The van der Waals surface area contributed by atoms with Crippen LogP contribution in [-0.4, -0.2) is 25.4 Å². The minimum atomic E-state index is 0.249. The summed E-state index contributed by atoms with van der Waals surface area (Å²) in [5.41, 5.74) is 1.20. The molecule has 19 heavy (non-hydrogen) atoms. The van der Waals surface area contributed by atoms with Crippen molar-refractivity contribution >= 4 is 15.9 Å². The van der Waals surface area contributed by atoms with E-state index in [1.165, 1.54) is 18.4 Å². The van der Waals surface area contributed by atoms with Crippen molar-refractivity contribution in [1.82, 2.24) is 5.32 Å². The maximum absolute atomic E-state index is 5.86. The monoisotopic (exact) mass is 327 g/mol. The van der Waals surface area contributed by atoms with Gasteiger partial charge >= 0.3 is 0 Å². The molecule has 106 valence electrons. The molecule has 1 aromatic rings. The fraction of sp³-hybridized carbons (Fsp3) is 0.600. The summed E-state index contributed by atoms with van der Waals surface area (Å²) in [7, 11) is 0. The van der Waals surface area contributed by atoms with E-state index in [4.69, 9.17) is 9.47 Å². The van der Waals surface area contributed by atoms with E-state index in [9.17, 15) is 0 Å². The van der Waals surface area contributed by atoms with Crippen molar-refractivity contribution in [3.8, 4) is 5.75 Å². The summed E-state index contributed by atoms with van der Waals surface area (Å²) >= 11 is 3.56. The molecule has 1 N–H and O–H groups in total. The number of nitrogens with one attached hydrogen (secondary N) is 1. The van der Waals surface area contributed by atoms with Gasteiger partial charge in [0.2, 0.25) is 0 Å². The van der Waals surface area contributed by atoms with E-state index in [1.807, 2.05) is 26.0 Å². The quantitative estimate of drug-likeness (QED) is 0.741. The van der Waals surface area contributed by atoms with Crippen molar-refractivity contribution in [3.05, 3.63) is 28.2 Å². The Hall–Kier alpha value is -0.580. The number of hydrogen-bond donors (Lipinski definition) is 1. The van der Waals surface area contributed by atoms with Gasteiger partial charge < -0.3 is 14.8 Å². The molecule has 0 radical (unpaired) electrons. The van der Waals surface area contributed by atoms with Crippen LogP contribution in [0.15, 0.2) is 22.7 Å². The van der Waals surface area contributed by atoms with Crippen molar-refractivity contribution in [1.29, 1.82) is 0 Å². The van der Waals surface area contributed by atoms with E-state index in [-0.39, 0.29) is 6.10 Å². The van der Waals surface area contributed by atoms with Crippen LogP contribution in [0.4, 0.5) is 0 Å². The van der Waals surface area contributed by atoms with Gasteiger partial charge in [-0.15, -0.1) is 0 Å². The second kappa shape index (κ2) is 7.27. The van der Waals surface area contributed by atoms with Crippen molar-refractivity contribution in [2.75, 3.05) is 13.2 Å². The lowest BCUT2D eigenvalue weighted by molar-refractivity contribution is 0.0549. The van der Waals surface area contributed by atoms with Gasteiger partial charge in [0.1, 0.15) is 12.4 Å². The number of halogens is 1. The van der Waals surface area contributed by atoms with E-state index >= 15 is 0 Å². The summed E-state index contributed by atoms with van der Waals surface area (Å²) in [6, 6.07) is 6.87. The molecule has 4 heteroatoms. The Morgan fingerprint density at radius 1 is 1.32 bits per heavy atom. The average Bonchev–Trinajstić information content (AvgIpc) is 3.17. The van der Waals surface area contributed by atoms with Gasteiger partial charge in [0.15, 0.2) is 0 Å². The first kappa shape index (κ1) is 14.8. The van der Waals surface area contributed by atoms with Crippen LogP contribution in [0.2, 0.25) is 0 Å². The highest BCUT2D eigenvalue weighted by molar-refractivity contribution is 9.10. The SMILES string of the molecule is CC(C)OCCOc1c(Br)cccc1CNC1CC1. The molecule has 1 aliphatic carbocycles. The number of benzene rings is 1. The number of hydrogen-bond acceptors (Lipinski definition) is 3. The van der Waals surface area contributed by atoms with Crippen molar-refractivity contribution in [2.24, 2.45) is 0 Å². The van der Waals surface area contributed by atoms with Crippen molar-refractivity contribution in [3.63, 3.8) is 0 Å². The summed E-state index contributed by atoms with van der Waals surface area (Å²) in [6.45, 7) is 6.13. The topological polar surface area (TPSA) is 30.5 Å². The highest BCUT2D eigenvalue weighted by atomic mass is 79.9. The number of rotatable bonds is 8. The van der Waals surface area contributed by atoms with E-state index in [1.54, 1.807) is 0 Å². The first-order valence-electron chi connectivity index (χ1n) is 6.92. The molecule has 2 rings (SSSR count). The summed E-state index contributed by atoms with van der Waals surface area (Å²) < 4.78 is 12.4. The summed E-state index contributed by atoms with van der Waals surface area (Å²) in [5, 5.41) is 3.52. The molecule has 0 spiro atoms. The van der Waals surface area contributed by atoms with Crippen LogP contribution in [0.3, 0.4) is 0 Å². The minimum Gasteiger partial charge on any atom is -0.490 e. The minimum absolute atomic E-state index is 0.249. The summed E-state index contributed by atoms with van der Waals surface area (Å²) in [4.78, 5) is 0. The number of ether oxygens (including phenoxy) is 2. The molecule has 0 atom stereocenters. The molecule has 0 unspecified atom stereocenters. The van der Waals surface area contributed by atoms with E-state index in [0.717, 1.165) is 16.8 Å². The Bertz CT molecular complexity index is 405. The molecule has 1 aromatic carbocycles. The van der Waals surface area contributed by atoms with Crippen molar-refractivity contribution in [2.45, 2.75) is 45.4 Å². The van der Waals surface area contributed by atoms with Gasteiger partial charge in [-0.05, 0) is 48.7 Å². The van der Waals surface area contributed by atoms with Crippen molar-refractivity contribution < 1.29 is 9.47 Å². The van der Waals surface area contributed by atoms with Gasteiger partial charge in [-0.1, -0.05) is 12.1 Å². The molecule has 1 saturated carbocycles. The van der Waals surface area contributed by atoms with Gasteiger partial charge in [0.05, 0.1) is 17.2 Å². The van der Waals surface area contributed by atoms with Crippen LogP contribution in [0.5, 0.6) is 5.75 Å². The highest BCUT2D eigenvalue weighted by Gasteiger charge is 2.20. The van der Waals surface area contributed by atoms with Gasteiger partial charge in [-0.25, -0.2) is 0 Å². The zero-order chi connectivity index (χ0) is 13.7. The molecular formula is C15H22BrNO2. The molecule has 0 saturated heterocycles. The molecule has 3 nitrogen and oxygen atoms in total. The fourth-order valence-corrected chi connectivity index (χ4v) is 2.35. The first-order valence-corrected chi connectivity index (χ1v) is 7.71. The Morgan fingerprint density at radius 2 is 2.11 bits per heavy atom. The second-order valence-corrected chi connectivity index (χ2v) is 6.01. The summed E-state index contributed by atoms with van der Waals surface area (Å²) in [6.07, 6.45) is 2.84. The van der Waals surface area contributed by atoms with Gasteiger partial charge in [0.25, 0.3) is 0 Å². The van der Waals surface area contributed by atoms with E-state index in [0.29, 0.717) is 19.3 Å². The predicted molar refractivity (Wildman–Crippen MR) is 80.6 cm³/mol. The molecule has 0 aromatic heterocycles. The summed E-state index contributed by atoms with van der Waals surface area (Å²) in [5.74, 6) is 0.933. The normalized spacial score (nSPS) is 14.9. The van der Waals surface area contributed by atoms with Crippen LogP contribution in [-0.2, 0) is 11.3 Å². The maximum Gasteiger partial charge on any atom is 0.138 e. The Balaban J connectivity index is 1.88. The Morgan fingerprint density at radius 3 is 2.79 bits per heavy atom. The standard InChI is InChI=1S/C15H22BrNO2/c1-11(2)18-8-9-19-15-12(4-3-5-14(15)16)10-17-13-6-7-13/h3-5,11,13,17H,6-10H2,1-2H3. The third-order valence-corrected chi connectivity index (χ3v) is 3.61. The third-order valence-electron chi connectivity index (χ3n) is 2.99. The fourth-order valence-electron chi connectivity index (χ4n) is 1.82. The van der Waals surface area contributed by atoms with Gasteiger partial charge in [0, 0.05) is 18.2 Å². The lowest BCUT2D eigenvalue weighted by Crippen LogP contribution is -2.17. The zero-order valence-corrected chi connectivity index (χ0v) is 13.2. The predicted octanol–water partition coefficient (Wildman–Crippen LogP) is 3.50. The molecule has 1 fully saturated rings.